The van der Waals surface area contributed by atoms with Crippen LogP contribution in [-0.2, 0) is 6.42 Å². The average molecular weight is 382 g/mol. The van der Waals surface area contributed by atoms with Crippen molar-refractivity contribution in [2.24, 2.45) is 11.8 Å². The van der Waals surface area contributed by atoms with E-state index in [0.29, 0.717) is 37.3 Å². The number of fused-ring (bicyclic) bond motifs is 3. The first-order valence-electron chi connectivity index (χ1n) is 9.93. The van der Waals surface area contributed by atoms with Crippen molar-refractivity contribution in [3.8, 4) is 11.5 Å². The van der Waals surface area contributed by atoms with E-state index >= 15 is 0 Å². The summed E-state index contributed by atoms with van der Waals surface area (Å²) in [4.78, 5) is 1.72. The molecule has 6 heteroatoms. The van der Waals surface area contributed by atoms with Gasteiger partial charge in [-0.2, -0.15) is 0 Å². The van der Waals surface area contributed by atoms with Gasteiger partial charge in [-0.15, -0.1) is 0 Å². The molecule has 0 aliphatic carbocycles. The third kappa shape index (κ3) is 4.09. The molecule has 27 heavy (non-hydrogen) atoms. The minimum atomic E-state index is -2.02. The van der Waals surface area contributed by atoms with Crippen LogP contribution in [0.3, 0.4) is 0 Å². The lowest BCUT2D eigenvalue weighted by atomic mass is 9.76. The molecular formula is C21H35NO5. The Morgan fingerprint density at radius 2 is 1.74 bits per heavy atom. The first-order chi connectivity index (χ1) is 12.8. The van der Waals surface area contributed by atoms with E-state index in [1.807, 2.05) is 39.8 Å². The second-order valence-electron chi connectivity index (χ2n) is 7.59. The molecule has 0 spiro atoms. The van der Waals surface area contributed by atoms with E-state index in [2.05, 4.69) is 0 Å². The van der Waals surface area contributed by atoms with Crippen LogP contribution in [0.4, 0.5) is 0 Å². The Morgan fingerprint density at radius 3 is 2.30 bits per heavy atom. The summed E-state index contributed by atoms with van der Waals surface area (Å²) in [6.07, 6.45) is 0.969. The highest BCUT2D eigenvalue weighted by Crippen LogP contribution is 2.48. The lowest BCUT2D eigenvalue weighted by Crippen LogP contribution is -2.64. The highest BCUT2D eigenvalue weighted by molar-refractivity contribution is 5.49. The lowest BCUT2D eigenvalue weighted by molar-refractivity contribution is -0.343. The molecule has 6 nitrogen and oxygen atoms in total. The molecule has 3 unspecified atom stereocenters. The third-order valence-corrected chi connectivity index (χ3v) is 5.58. The molecule has 0 radical (unpaired) electrons. The molecule has 1 fully saturated rings. The largest absolute Gasteiger partial charge is 0.493 e. The van der Waals surface area contributed by atoms with Crippen LogP contribution in [0.2, 0.25) is 0 Å². The van der Waals surface area contributed by atoms with Crippen molar-refractivity contribution < 1.29 is 24.8 Å². The number of methoxy groups -OCH3 is 2. The first-order valence-corrected chi connectivity index (χ1v) is 9.93. The molecule has 2 aliphatic rings. The van der Waals surface area contributed by atoms with E-state index in [4.69, 9.17) is 9.47 Å². The van der Waals surface area contributed by atoms with Crippen LogP contribution in [0.25, 0.3) is 0 Å². The van der Waals surface area contributed by atoms with Gasteiger partial charge in [0.25, 0.3) is 0 Å². The highest BCUT2D eigenvalue weighted by Gasteiger charge is 2.53. The molecule has 3 rings (SSSR count). The van der Waals surface area contributed by atoms with Crippen LogP contribution >= 0.6 is 0 Å². The number of nitrogens with zero attached hydrogens (tertiary/aromatic N) is 1. The Morgan fingerprint density at radius 1 is 1.15 bits per heavy atom. The van der Waals surface area contributed by atoms with Crippen LogP contribution < -0.4 is 9.47 Å². The van der Waals surface area contributed by atoms with E-state index < -0.39 is 17.9 Å². The minimum absolute atomic E-state index is 0.253. The number of aliphatic hydroxyl groups is 3. The van der Waals surface area contributed by atoms with Crippen molar-refractivity contribution in [2.75, 3.05) is 20.8 Å². The van der Waals surface area contributed by atoms with Crippen LogP contribution in [-0.4, -0.2) is 53.0 Å². The van der Waals surface area contributed by atoms with Gasteiger partial charge in [0.15, 0.2) is 11.5 Å². The van der Waals surface area contributed by atoms with Gasteiger partial charge in [0.05, 0.1) is 26.2 Å². The predicted molar refractivity (Wildman–Crippen MR) is 105 cm³/mol. The van der Waals surface area contributed by atoms with Crippen molar-refractivity contribution in [1.29, 1.82) is 0 Å². The fourth-order valence-electron chi connectivity index (χ4n) is 4.36. The molecule has 1 saturated heterocycles. The quantitative estimate of drug-likeness (QED) is 0.696. The molecule has 0 bridgehead atoms. The molecule has 0 saturated carbocycles. The zero-order valence-electron chi connectivity index (χ0n) is 17.4. The molecule has 1 aromatic rings. The van der Waals surface area contributed by atoms with Gasteiger partial charge >= 0.3 is 0 Å². The summed E-state index contributed by atoms with van der Waals surface area (Å²) in [6, 6.07) is 3.60. The average Bonchev–Trinajstić information content (AvgIpc) is 2.65. The summed E-state index contributed by atoms with van der Waals surface area (Å²) in [5, 5.41) is 32.4. The van der Waals surface area contributed by atoms with Crippen molar-refractivity contribution in [3.05, 3.63) is 23.3 Å². The zero-order chi connectivity index (χ0) is 20.4. The molecule has 2 aliphatic heterocycles. The summed E-state index contributed by atoms with van der Waals surface area (Å²) in [7, 11) is 3.19. The standard InChI is InChI=1S/C19H29NO5.C2H6/c1-11(2)7-14-16(21)10-15-13-9-18(25-4)17(24-3)8-12(13)5-6-20(15)19(14,22)23;1-2/h8-9,11,14-16,21-23H,5-7,10H2,1-4H3;1-2H3. The second kappa shape index (κ2) is 8.78. The first kappa shape index (κ1) is 22.0. The van der Waals surface area contributed by atoms with Crippen LogP contribution in [0.5, 0.6) is 11.5 Å². The van der Waals surface area contributed by atoms with Crippen molar-refractivity contribution in [3.63, 3.8) is 0 Å². The second-order valence-corrected chi connectivity index (χ2v) is 7.59. The van der Waals surface area contributed by atoms with Crippen molar-refractivity contribution in [2.45, 2.75) is 65.0 Å². The number of benzene rings is 1. The van der Waals surface area contributed by atoms with E-state index in [1.165, 1.54) is 0 Å². The van der Waals surface area contributed by atoms with Gasteiger partial charge in [-0.1, -0.05) is 27.7 Å². The van der Waals surface area contributed by atoms with Gasteiger partial charge < -0.3 is 24.8 Å². The number of rotatable bonds is 4. The van der Waals surface area contributed by atoms with E-state index in [1.54, 1.807) is 19.1 Å². The number of piperidine rings is 1. The Bertz CT molecular complexity index is 631. The fraction of sp³-hybridized carbons (Fsp3) is 0.714. The Labute approximate surface area is 162 Å². The maximum absolute atomic E-state index is 10.9. The maximum atomic E-state index is 10.9. The van der Waals surface area contributed by atoms with Gasteiger partial charge in [0.1, 0.15) is 0 Å². The molecule has 2 heterocycles. The molecule has 1 aromatic carbocycles. The minimum Gasteiger partial charge on any atom is -0.493 e. The summed E-state index contributed by atoms with van der Waals surface area (Å²) < 4.78 is 10.8. The Balaban J connectivity index is 0.00000126. The Kier molecular flexibility index (Phi) is 7.14. The maximum Gasteiger partial charge on any atom is 0.230 e. The van der Waals surface area contributed by atoms with Gasteiger partial charge in [-0.25, -0.2) is 4.90 Å². The van der Waals surface area contributed by atoms with Gasteiger partial charge in [0, 0.05) is 12.6 Å². The monoisotopic (exact) mass is 381 g/mol. The van der Waals surface area contributed by atoms with Crippen LogP contribution in [0.15, 0.2) is 12.1 Å². The predicted octanol–water partition coefficient (Wildman–Crippen LogP) is 2.69. The molecule has 3 N–H and O–H groups in total. The summed E-state index contributed by atoms with van der Waals surface area (Å²) in [5.41, 5.74) is 2.07. The smallest absolute Gasteiger partial charge is 0.230 e. The van der Waals surface area contributed by atoms with Gasteiger partial charge in [-0.3, -0.25) is 0 Å². The molecule has 3 atom stereocenters. The molecular weight excluding hydrogens is 346 g/mol. The molecule has 0 aromatic heterocycles. The number of aliphatic hydroxyl groups excluding tert-OH is 1. The normalized spacial score (nSPS) is 26.5. The SMILES string of the molecule is CC.COc1cc2c(cc1OC)C1CC(O)C(CC(C)C)C(O)(O)N1CC2. The zero-order valence-corrected chi connectivity index (χ0v) is 17.4. The summed E-state index contributed by atoms with van der Waals surface area (Å²) >= 11 is 0. The van der Waals surface area contributed by atoms with E-state index in [9.17, 15) is 15.3 Å². The number of hydrogen-bond acceptors (Lipinski definition) is 6. The van der Waals surface area contributed by atoms with Crippen LogP contribution in [0, 0.1) is 11.8 Å². The van der Waals surface area contributed by atoms with Crippen molar-refractivity contribution in [1.82, 2.24) is 4.90 Å². The number of hydrogen-bond donors (Lipinski definition) is 3. The topological polar surface area (TPSA) is 82.4 Å². The molecule has 154 valence electrons. The number of ether oxygens (including phenoxy) is 2. The van der Waals surface area contributed by atoms with Crippen LogP contribution in [0.1, 0.15) is 57.7 Å². The van der Waals surface area contributed by atoms with E-state index in [0.717, 1.165) is 11.1 Å². The fourth-order valence-corrected chi connectivity index (χ4v) is 4.36. The summed E-state index contributed by atoms with van der Waals surface area (Å²) in [6.45, 7) is 8.58. The van der Waals surface area contributed by atoms with E-state index in [-0.39, 0.29) is 12.0 Å². The Hall–Kier alpha value is -1.34. The third-order valence-electron chi connectivity index (χ3n) is 5.58. The van der Waals surface area contributed by atoms with Gasteiger partial charge in [0.2, 0.25) is 5.91 Å². The van der Waals surface area contributed by atoms with Crippen molar-refractivity contribution >= 4 is 0 Å². The highest BCUT2D eigenvalue weighted by atomic mass is 16.5. The summed E-state index contributed by atoms with van der Waals surface area (Å²) in [5.74, 6) is -1.04. The molecule has 0 amide bonds. The van der Waals surface area contributed by atoms with Gasteiger partial charge in [-0.05, 0) is 48.4 Å². The lowest BCUT2D eigenvalue weighted by Gasteiger charge is -2.53.